The number of fused-ring (bicyclic) bond motifs is 1. The van der Waals surface area contributed by atoms with Gasteiger partial charge in [0.05, 0.1) is 16.8 Å². The average molecular weight is 257 g/mol. The van der Waals surface area contributed by atoms with Crippen molar-refractivity contribution in [3.05, 3.63) is 28.6 Å². The van der Waals surface area contributed by atoms with Crippen LogP contribution in [-0.4, -0.2) is 26.2 Å². The molecule has 0 spiro atoms. The first-order chi connectivity index (χ1) is 6.72. The van der Waals surface area contributed by atoms with E-state index in [4.69, 9.17) is 5.73 Å². The molecule has 0 amide bonds. The fourth-order valence-electron chi connectivity index (χ4n) is 1.23. The molecule has 2 rings (SSSR count). The van der Waals surface area contributed by atoms with E-state index in [0.717, 1.165) is 4.47 Å². The lowest BCUT2D eigenvalue weighted by atomic mass is 10.2. The second-order valence-electron chi connectivity index (χ2n) is 2.89. The van der Waals surface area contributed by atoms with Crippen LogP contribution in [0.25, 0.3) is 5.65 Å². The summed E-state index contributed by atoms with van der Waals surface area (Å²) in [5, 5.41) is 13.6. The van der Waals surface area contributed by atoms with Crippen LogP contribution in [0, 0.1) is 0 Å². The third kappa shape index (κ3) is 1.52. The highest BCUT2D eigenvalue weighted by molar-refractivity contribution is 9.10. The number of nitrogens with two attached hydrogens (primary N) is 1. The normalized spacial score (nSPS) is 13.4. The molecule has 0 radical (unpaired) electrons. The fourth-order valence-corrected chi connectivity index (χ4v) is 1.53. The van der Waals surface area contributed by atoms with Gasteiger partial charge in [-0.05, 0) is 15.9 Å². The number of aliphatic hydroxyl groups excluding tert-OH is 1. The first kappa shape index (κ1) is 9.57. The van der Waals surface area contributed by atoms with E-state index in [1.165, 1.54) is 0 Å². The van der Waals surface area contributed by atoms with Gasteiger partial charge in [-0.25, -0.2) is 9.50 Å². The highest BCUT2D eigenvalue weighted by Gasteiger charge is 2.12. The lowest BCUT2D eigenvalue weighted by Gasteiger charge is -2.03. The molecular formula is C8H9BrN4O. The Kier molecular flexibility index (Phi) is 2.49. The van der Waals surface area contributed by atoms with E-state index < -0.39 is 6.10 Å². The number of hydrogen-bond acceptors (Lipinski definition) is 4. The summed E-state index contributed by atoms with van der Waals surface area (Å²) in [4.78, 5) is 4.15. The van der Waals surface area contributed by atoms with E-state index in [2.05, 4.69) is 26.0 Å². The molecule has 74 valence electrons. The summed E-state index contributed by atoms with van der Waals surface area (Å²) in [5.74, 6) is 0. The Morgan fingerprint density at radius 2 is 2.36 bits per heavy atom. The molecule has 2 heterocycles. The molecule has 0 saturated carbocycles. The molecular weight excluding hydrogens is 248 g/mol. The Bertz CT molecular complexity index is 456. The summed E-state index contributed by atoms with van der Waals surface area (Å²) in [6.07, 6.45) is 4.30. The van der Waals surface area contributed by atoms with Crippen LogP contribution in [-0.2, 0) is 0 Å². The van der Waals surface area contributed by atoms with E-state index >= 15 is 0 Å². The second-order valence-corrected chi connectivity index (χ2v) is 3.81. The first-order valence-electron chi connectivity index (χ1n) is 4.09. The van der Waals surface area contributed by atoms with Gasteiger partial charge in [-0.3, -0.25) is 0 Å². The van der Waals surface area contributed by atoms with Crippen molar-refractivity contribution in [2.45, 2.75) is 6.10 Å². The molecule has 0 aliphatic carbocycles. The highest BCUT2D eigenvalue weighted by Crippen LogP contribution is 2.17. The lowest BCUT2D eigenvalue weighted by Crippen LogP contribution is -2.11. The summed E-state index contributed by atoms with van der Waals surface area (Å²) >= 11 is 3.29. The van der Waals surface area contributed by atoms with Crippen LogP contribution in [0.1, 0.15) is 11.7 Å². The van der Waals surface area contributed by atoms with Crippen LogP contribution in [0.15, 0.2) is 23.1 Å². The van der Waals surface area contributed by atoms with Crippen LogP contribution >= 0.6 is 15.9 Å². The predicted octanol–water partition coefficient (Wildman–Crippen LogP) is 0.484. The Hall–Kier alpha value is -0.980. The van der Waals surface area contributed by atoms with Gasteiger partial charge in [-0.15, -0.1) is 0 Å². The van der Waals surface area contributed by atoms with Crippen LogP contribution < -0.4 is 5.73 Å². The number of aliphatic hydroxyl groups is 1. The fraction of sp³-hybridized carbons (Fsp3) is 0.250. The van der Waals surface area contributed by atoms with Gasteiger partial charge in [0.15, 0.2) is 5.65 Å². The van der Waals surface area contributed by atoms with Crippen LogP contribution in [0.5, 0.6) is 0 Å². The smallest absolute Gasteiger partial charge is 0.160 e. The Morgan fingerprint density at radius 1 is 1.57 bits per heavy atom. The van der Waals surface area contributed by atoms with Crippen LogP contribution in [0.2, 0.25) is 0 Å². The molecule has 2 aromatic rings. The molecule has 1 unspecified atom stereocenters. The Morgan fingerprint density at radius 3 is 3.07 bits per heavy atom. The maximum atomic E-state index is 9.56. The average Bonchev–Trinajstić information content (AvgIpc) is 2.59. The summed E-state index contributed by atoms with van der Waals surface area (Å²) in [5.41, 5.74) is 6.64. The molecule has 0 aliphatic heterocycles. The van der Waals surface area contributed by atoms with Crippen molar-refractivity contribution in [1.82, 2.24) is 14.6 Å². The van der Waals surface area contributed by atoms with E-state index in [-0.39, 0.29) is 6.54 Å². The SMILES string of the molecule is NCC(O)c1cnn2cc(Br)cnc12. The van der Waals surface area contributed by atoms with Crippen molar-refractivity contribution in [2.75, 3.05) is 6.54 Å². The van der Waals surface area contributed by atoms with Gasteiger partial charge in [-0.1, -0.05) is 0 Å². The monoisotopic (exact) mass is 256 g/mol. The van der Waals surface area contributed by atoms with E-state index in [9.17, 15) is 5.11 Å². The predicted molar refractivity (Wildman–Crippen MR) is 54.7 cm³/mol. The van der Waals surface area contributed by atoms with E-state index in [1.807, 2.05) is 0 Å². The topological polar surface area (TPSA) is 76.4 Å². The molecule has 1 atom stereocenters. The van der Waals surface area contributed by atoms with Crippen molar-refractivity contribution >= 4 is 21.6 Å². The lowest BCUT2D eigenvalue weighted by molar-refractivity contribution is 0.188. The Labute approximate surface area is 88.7 Å². The van der Waals surface area contributed by atoms with Gasteiger partial charge < -0.3 is 10.8 Å². The standard InChI is InChI=1S/C8H9BrN4O/c9-5-2-11-8-6(7(14)1-10)3-12-13(8)4-5/h2-4,7,14H,1,10H2. The summed E-state index contributed by atoms with van der Waals surface area (Å²) in [6.45, 7) is 0.166. The molecule has 6 heteroatoms. The van der Waals surface area contributed by atoms with Gasteiger partial charge >= 0.3 is 0 Å². The number of halogens is 1. The maximum absolute atomic E-state index is 9.56. The third-order valence-corrected chi connectivity index (χ3v) is 2.34. The third-order valence-electron chi connectivity index (χ3n) is 1.93. The summed E-state index contributed by atoms with van der Waals surface area (Å²) in [7, 11) is 0. The number of nitrogens with zero attached hydrogens (tertiary/aromatic N) is 3. The zero-order chi connectivity index (χ0) is 10.1. The minimum atomic E-state index is -0.707. The van der Waals surface area contributed by atoms with Crippen molar-refractivity contribution in [3.8, 4) is 0 Å². The summed E-state index contributed by atoms with van der Waals surface area (Å²) < 4.78 is 2.43. The number of rotatable bonds is 2. The van der Waals surface area contributed by atoms with Gasteiger partial charge in [0.1, 0.15) is 0 Å². The first-order valence-corrected chi connectivity index (χ1v) is 4.88. The molecule has 0 aromatic carbocycles. The van der Waals surface area contributed by atoms with Crippen molar-refractivity contribution in [2.24, 2.45) is 5.73 Å². The highest BCUT2D eigenvalue weighted by atomic mass is 79.9. The molecule has 0 bridgehead atoms. The van der Waals surface area contributed by atoms with Crippen LogP contribution in [0.4, 0.5) is 0 Å². The quantitative estimate of drug-likeness (QED) is 0.820. The van der Waals surface area contributed by atoms with E-state index in [1.54, 1.807) is 23.1 Å². The maximum Gasteiger partial charge on any atom is 0.160 e. The molecule has 14 heavy (non-hydrogen) atoms. The van der Waals surface area contributed by atoms with Crippen LogP contribution in [0.3, 0.4) is 0 Å². The van der Waals surface area contributed by atoms with Gasteiger partial charge in [0.25, 0.3) is 0 Å². The number of aromatic nitrogens is 3. The van der Waals surface area contributed by atoms with Crippen molar-refractivity contribution < 1.29 is 5.11 Å². The molecule has 0 saturated heterocycles. The van der Waals surface area contributed by atoms with Gasteiger partial charge in [0.2, 0.25) is 0 Å². The zero-order valence-corrected chi connectivity index (χ0v) is 8.85. The van der Waals surface area contributed by atoms with Crippen molar-refractivity contribution in [1.29, 1.82) is 0 Å². The van der Waals surface area contributed by atoms with Crippen molar-refractivity contribution in [3.63, 3.8) is 0 Å². The molecule has 2 aromatic heterocycles. The molecule has 0 fully saturated rings. The van der Waals surface area contributed by atoms with Gasteiger partial charge in [-0.2, -0.15) is 5.10 Å². The molecule has 0 aliphatic rings. The minimum absolute atomic E-state index is 0.166. The second kappa shape index (κ2) is 3.64. The largest absolute Gasteiger partial charge is 0.387 e. The minimum Gasteiger partial charge on any atom is -0.387 e. The van der Waals surface area contributed by atoms with Gasteiger partial charge in [0, 0.05) is 24.5 Å². The zero-order valence-electron chi connectivity index (χ0n) is 7.26. The van der Waals surface area contributed by atoms with E-state index in [0.29, 0.717) is 11.2 Å². The Balaban J connectivity index is 2.58. The number of hydrogen-bond donors (Lipinski definition) is 2. The molecule has 3 N–H and O–H groups in total. The summed E-state index contributed by atoms with van der Waals surface area (Å²) in [6, 6.07) is 0. The molecule has 5 nitrogen and oxygen atoms in total.